The molecule has 0 saturated carbocycles. The monoisotopic (exact) mass is 312 g/mol. The van der Waals surface area contributed by atoms with Crippen LogP contribution in [0.3, 0.4) is 0 Å². The van der Waals surface area contributed by atoms with Crippen LogP contribution < -0.4 is 10.9 Å². The standard InChI is InChI=1S/C13H10ClFN2O4/c1-2-21-13(20)8-5-17(16-6-18)11-4-9(14)10(15)3-7(11)12(8)19/h3-6H,2H2,1H3,(H,16,18). The van der Waals surface area contributed by atoms with Gasteiger partial charge in [0.25, 0.3) is 0 Å². The van der Waals surface area contributed by atoms with Crippen molar-refractivity contribution < 1.29 is 18.7 Å². The number of nitrogens with one attached hydrogen (secondary N) is 1. The highest BCUT2D eigenvalue weighted by Crippen LogP contribution is 2.21. The largest absolute Gasteiger partial charge is 0.462 e. The Morgan fingerprint density at radius 3 is 2.86 bits per heavy atom. The Morgan fingerprint density at radius 1 is 1.52 bits per heavy atom. The lowest BCUT2D eigenvalue weighted by Crippen LogP contribution is -2.24. The van der Waals surface area contributed by atoms with E-state index in [1.807, 2.05) is 0 Å². The maximum atomic E-state index is 13.5. The number of halogens is 2. The van der Waals surface area contributed by atoms with Gasteiger partial charge in [0, 0.05) is 6.20 Å². The molecule has 21 heavy (non-hydrogen) atoms. The van der Waals surface area contributed by atoms with Crippen LogP contribution in [0.25, 0.3) is 10.9 Å². The average molecular weight is 313 g/mol. The van der Waals surface area contributed by atoms with E-state index < -0.39 is 17.2 Å². The van der Waals surface area contributed by atoms with Gasteiger partial charge in [-0.3, -0.25) is 19.7 Å². The lowest BCUT2D eigenvalue weighted by molar-refractivity contribution is -0.106. The minimum Gasteiger partial charge on any atom is -0.462 e. The molecule has 0 spiro atoms. The van der Waals surface area contributed by atoms with Gasteiger partial charge in [-0.25, -0.2) is 9.18 Å². The first-order valence-corrected chi connectivity index (χ1v) is 6.29. The Hall–Kier alpha value is -2.41. The quantitative estimate of drug-likeness (QED) is 0.688. The Kier molecular flexibility index (Phi) is 4.23. The molecule has 0 atom stereocenters. The first-order valence-electron chi connectivity index (χ1n) is 5.91. The van der Waals surface area contributed by atoms with Gasteiger partial charge in [0.15, 0.2) is 0 Å². The average Bonchev–Trinajstić information content (AvgIpc) is 2.44. The molecular formula is C13H10ClFN2O4. The van der Waals surface area contributed by atoms with Gasteiger partial charge in [0.2, 0.25) is 11.8 Å². The number of carbonyl (C=O) groups excluding carboxylic acids is 2. The van der Waals surface area contributed by atoms with Crippen LogP contribution in [0.1, 0.15) is 17.3 Å². The van der Waals surface area contributed by atoms with Gasteiger partial charge in [0.1, 0.15) is 11.4 Å². The van der Waals surface area contributed by atoms with Gasteiger partial charge in [-0.2, -0.15) is 0 Å². The fourth-order valence-corrected chi connectivity index (χ4v) is 2.00. The van der Waals surface area contributed by atoms with Crippen molar-refractivity contribution in [2.24, 2.45) is 0 Å². The molecule has 1 heterocycles. The third-order valence-electron chi connectivity index (χ3n) is 2.73. The van der Waals surface area contributed by atoms with Crippen LogP contribution in [0.4, 0.5) is 4.39 Å². The van der Waals surface area contributed by atoms with E-state index in [1.54, 1.807) is 6.92 Å². The molecule has 1 amide bonds. The molecule has 0 bridgehead atoms. The van der Waals surface area contributed by atoms with Crippen LogP contribution in [-0.4, -0.2) is 23.7 Å². The number of hydrogen-bond donors (Lipinski definition) is 1. The molecule has 2 aromatic rings. The SMILES string of the molecule is CCOC(=O)c1cn(NC=O)c2cc(Cl)c(F)cc2c1=O. The summed E-state index contributed by atoms with van der Waals surface area (Å²) in [5.74, 6) is -1.67. The van der Waals surface area contributed by atoms with Gasteiger partial charge < -0.3 is 4.74 Å². The van der Waals surface area contributed by atoms with Gasteiger partial charge in [0.05, 0.1) is 22.5 Å². The van der Waals surface area contributed by atoms with E-state index in [-0.39, 0.29) is 28.1 Å². The van der Waals surface area contributed by atoms with Crippen LogP contribution in [0, 0.1) is 5.82 Å². The first kappa shape index (κ1) is 15.0. The van der Waals surface area contributed by atoms with Crippen molar-refractivity contribution in [1.82, 2.24) is 4.68 Å². The first-order chi connectivity index (χ1) is 9.99. The molecule has 0 unspecified atom stereocenters. The van der Waals surface area contributed by atoms with Crippen LogP contribution in [-0.2, 0) is 9.53 Å². The van der Waals surface area contributed by atoms with Gasteiger partial charge in [-0.1, -0.05) is 11.6 Å². The number of amides is 1. The second-order valence-electron chi connectivity index (χ2n) is 3.99. The topological polar surface area (TPSA) is 77.4 Å². The summed E-state index contributed by atoms with van der Waals surface area (Å²) in [6.07, 6.45) is 1.45. The van der Waals surface area contributed by atoms with E-state index in [0.29, 0.717) is 6.41 Å². The Labute approximate surface area is 123 Å². The van der Waals surface area contributed by atoms with Crippen molar-refractivity contribution in [3.63, 3.8) is 0 Å². The fourth-order valence-electron chi connectivity index (χ4n) is 1.84. The van der Waals surface area contributed by atoms with E-state index in [2.05, 4.69) is 5.43 Å². The summed E-state index contributed by atoms with van der Waals surface area (Å²) in [7, 11) is 0. The molecule has 0 saturated heterocycles. The van der Waals surface area contributed by atoms with Crippen molar-refractivity contribution in [2.75, 3.05) is 12.0 Å². The molecule has 0 fully saturated rings. The van der Waals surface area contributed by atoms with Crippen LogP contribution >= 0.6 is 11.6 Å². The normalized spacial score (nSPS) is 10.4. The molecular weight excluding hydrogens is 303 g/mol. The predicted octanol–water partition coefficient (Wildman–Crippen LogP) is 1.67. The number of benzene rings is 1. The van der Waals surface area contributed by atoms with E-state index in [1.165, 1.54) is 6.07 Å². The van der Waals surface area contributed by atoms with Gasteiger partial charge in [-0.05, 0) is 19.1 Å². The lowest BCUT2D eigenvalue weighted by atomic mass is 10.1. The predicted molar refractivity (Wildman–Crippen MR) is 74.6 cm³/mol. The zero-order valence-electron chi connectivity index (χ0n) is 10.9. The highest BCUT2D eigenvalue weighted by molar-refractivity contribution is 6.31. The van der Waals surface area contributed by atoms with Crippen LogP contribution in [0.2, 0.25) is 5.02 Å². The summed E-state index contributed by atoms with van der Waals surface area (Å²) in [4.78, 5) is 34.6. The number of ether oxygens (including phenoxy) is 1. The maximum Gasteiger partial charge on any atom is 0.343 e. The van der Waals surface area contributed by atoms with E-state index >= 15 is 0 Å². The summed E-state index contributed by atoms with van der Waals surface area (Å²) in [6, 6.07) is 2.09. The number of fused-ring (bicyclic) bond motifs is 1. The smallest absolute Gasteiger partial charge is 0.343 e. The summed E-state index contributed by atoms with van der Waals surface area (Å²) >= 11 is 5.67. The molecule has 2 rings (SSSR count). The van der Waals surface area contributed by atoms with Crippen LogP contribution in [0.15, 0.2) is 23.1 Å². The molecule has 0 aliphatic heterocycles. The number of aromatic nitrogens is 1. The van der Waals surface area contributed by atoms with Crippen molar-refractivity contribution in [3.05, 3.63) is 45.0 Å². The number of esters is 1. The number of pyridine rings is 1. The highest BCUT2D eigenvalue weighted by atomic mass is 35.5. The summed E-state index contributed by atoms with van der Waals surface area (Å²) < 4.78 is 19.4. The molecule has 8 heteroatoms. The van der Waals surface area contributed by atoms with E-state index in [4.69, 9.17) is 16.3 Å². The fraction of sp³-hybridized carbons (Fsp3) is 0.154. The van der Waals surface area contributed by atoms with Gasteiger partial charge in [-0.15, -0.1) is 0 Å². The van der Waals surface area contributed by atoms with Crippen molar-refractivity contribution in [3.8, 4) is 0 Å². The molecule has 110 valence electrons. The molecule has 0 radical (unpaired) electrons. The second kappa shape index (κ2) is 5.92. The zero-order valence-corrected chi connectivity index (χ0v) is 11.6. The summed E-state index contributed by atoms with van der Waals surface area (Å²) in [6.45, 7) is 1.66. The van der Waals surface area contributed by atoms with E-state index in [9.17, 15) is 18.8 Å². The highest BCUT2D eigenvalue weighted by Gasteiger charge is 2.18. The molecule has 1 aromatic heterocycles. The minimum absolute atomic E-state index is 0.0758. The van der Waals surface area contributed by atoms with Crippen LogP contribution in [0.5, 0.6) is 0 Å². The Bertz CT molecular complexity index is 788. The molecule has 0 aliphatic carbocycles. The zero-order chi connectivity index (χ0) is 15.6. The van der Waals surface area contributed by atoms with Gasteiger partial charge >= 0.3 is 5.97 Å². The van der Waals surface area contributed by atoms with Crippen molar-refractivity contribution >= 4 is 34.9 Å². The molecule has 0 aliphatic rings. The molecule has 1 N–H and O–H groups in total. The number of carbonyl (C=O) groups is 2. The Morgan fingerprint density at radius 2 is 2.24 bits per heavy atom. The van der Waals surface area contributed by atoms with Crippen molar-refractivity contribution in [2.45, 2.75) is 6.92 Å². The minimum atomic E-state index is -0.860. The number of hydrogen-bond acceptors (Lipinski definition) is 4. The maximum absolute atomic E-state index is 13.5. The van der Waals surface area contributed by atoms with E-state index in [0.717, 1.165) is 16.9 Å². The van der Waals surface area contributed by atoms with Crippen molar-refractivity contribution in [1.29, 1.82) is 0 Å². The number of rotatable bonds is 4. The third kappa shape index (κ3) is 2.73. The Balaban J connectivity index is 2.82. The number of nitrogens with zero attached hydrogens (tertiary/aromatic N) is 1. The lowest BCUT2D eigenvalue weighted by Gasteiger charge is -2.12. The third-order valence-corrected chi connectivity index (χ3v) is 3.02. The molecule has 1 aromatic carbocycles. The summed E-state index contributed by atoms with van der Waals surface area (Å²) in [5, 5.41) is -0.316. The second-order valence-corrected chi connectivity index (χ2v) is 4.40. The summed E-state index contributed by atoms with van der Waals surface area (Å²) in [5.41, 5.74) is 1.40. The molecule has 6 nitrogen and oxygen atoms in total.